The first-order valence-corrected chi connectivity index (χ1v) is 17.4. The van der Waals surface area contributed by atoms with E-state index >= 15 is 0 Å². The Morgan fingerprint density at radius 2 is 0.911 bits per heavy atom. The average Bonchev–Trinajstić information content (AvgIpc) is 3.02. The van der Waals surface area contributed by atoms with Crippen LogP contribution in [0.15, 0.2) is 18.2 Å². The second kappa shape index (κ2) is 26.1. The molecule has 45 heavy (non-hydrogen) atoms. The molecule has 0 heterocycles. The molecule has 0 atom stereocenters. The van der Waals surface area contributed by atoms with Crippen molar-refractivity contribution in [3.8, 4) is 11.5 Å². The highest BCUT2D eigenvalue weighted by Crippen LogP contribution is 2.25. The van der Waals surface area contributed by atoms with Gasteiger partial charge in [0, 0.05) is 11.6 Å². The third-order valence-electron chi connectivity index (χ3n) is 7.41. The molecule has 0 aliphatic carbocycles. The Hall–Kier alpha value is -3.10. The van der Waals surface area contributed by atoms with Crippen LogP contribution in [0.25, 0.3) is 0 Å². The van der Waals surface area contributed by atoms with E-state index in [1.807, 2.05) is 0 Å². The highest BCUT2D eigenvalue weighted by molar-refractivity contribution is 6.43. The standard InChI is InChI=1S/C36H59NO8/c1-5-9-11-13-15-17-19-21-23-44-31-25-30(26-32(27-31)45-24-22-20-18-16-14-12-10-6-2)35(40)36(41)37(28-33(38)42-7-3)29-34(39)43-8-4/h25-27H,5-24,28-29H2,1-4H3. The number of carbonyl (C=O) groups excluding carboxylic acids is 4. The maximum Gasteiger partial charge on any atom is 0.325 e. The molecule has 0 bridgehead atoms. The molecule has 0 unspecified atom stereocenters. The van der Waals surface area contributed by atoms with E-state index in [-0.39, 0.29) is 18.8 Å². The first-order chi connectivity index (χ1) is 21.9. The molecular weight excluding hydrogens is 574 g/mol. The van der Waals surface area contributed by atoms with Gasteiger partial charge in [0.25, 0.3) is 11.7 Å². The van der Waals surface area contributed by atoms with Crippen molar-refractivity contribution in [2.75, 3.05) is 39.5 Å². The molecular formula is C36H59NO8. The van der Waals surface area contributed by atoms with Crippen LogP contribution in [0.4, 0.5) is 0 Å². The molecule has 0 saturated heterocycles. The van der Waals surface area contributed by atoms with Crippen LogP contribution in [0.3, 0.4) is 0 Å². The summed E-state index contributed by atoms with van der Waals surface area (Å²) in [4.78, 5) is 51.9. The SMILES string of the molecule is CCCCCCCCCCOc1cc(OCCCCCCCCCC)cc(C(=O)C(=O)N(CC(=O)OCC)CC(=O)OCC)c1. The van der Waals surface area contributed by atoms with Gasteiger partial charge in [-0.1, -0.05) is 104 Å². The Kier molecular flexibility index (Phi) is 23.2. The van der Waals surface area contributed by atoms with Gasteiger partial charge in [0.1, 0.15) is 24.6 Å². The van der Waals surface area contributed by atoms with Crippen molar-refractivity contribution in [2.45, 2.75) is 130 Å². The predicted octanol–water partition coefficient (Wildman–Crippen LogP) is 7.86. The Morgan fingerprint density at radius 1 is 0.533 bits per heavy atom. The quantitative estimate of drug-likeness (QED) is 0.0397. The molecule has 0 saturated carbocycles. The van der Waals surface area contributed by atoms with Crippen molar-refractivity contribution >= 4 is 23.6 Å². The molecule has 0 radical (unpaired) electrons. The minimum Gasteiger partial charge on any atom is -0.493 e. The zero-order chi connectivity index (χ0) is 33.1. The lowest BCUT2D eigenvalue weighted by Crippen LogP contribution is -2.44. The number of hydrogen-bond acceptors (Lipinski definition) is 8. The number of benzene rings is 1. The van der Waals surface area contributed by atoms with Gasteiger partial charge >= 0.3 is 11.9 Å². The molecule has 9 heteroatoms. The van der Waals surface area contributed by atoms with Crippen LogP contribution in [0.2, 0.25) is 0 Å². The van der Waals surface area contributed by atoms with Gasteiger partial charge in [-0.05, 0) is 38.8 Å². The van der Waals surface area contributed by atoms with Gasteiger partial charge in [-0.15, -0.1) is 0 Å². The Labute approximate surface area is 271 Å². The molecule has 0 aliphatic rings. The molecule has 0 spiro atoms. The van der Waals surface area contributed by atoms with E-state index in [1.165, 1.54) is 76.3 Å². The van der Waals surface area contributed by atoms with Crippen LogP contribution in [-0.2, 0) is 23.9 Å². The number of nitrogens with zero attached hydrogens (tertiary/aromatic N) is 1. The van der Waals surface area contributed by atoms with Crippen LogP contribution in [0.5, 0.6) is 11.5 Å². The van der Waals surface area contributed by atoms with E-state index in [1.54, 1.807) is 19.9 Å². The van der Waals surface area contributed by atoms with Gasteiger partial charge < -0.3 is 23.8 Å². The monoisotopic (exact) mass is 633 g/mol. The Morgan fingerprint density at radius 3 is 1.29 bits per heavy atom. The number of hydrogen-bond donors (Lipinski definition) is 0. The fourth-order valence-electron chi connectivity index (χ4n) is 4.91. The molecule has 1 aromatic carbocycles. The number of Topliss-reactive ketones (excluding diaryl/α,β-unsaturated/α-hetero) is 1. The highest BCUT2D eigenvalue weighted by atomic mass is 16.5. The maximum absolute atomic E-state index is 13.4. The summed E-state index contributed by atoms with van der Waals surface area (Å²) >= 11 is 0. The van der Waals surface area contributed by atoms with E-state index < -0.39 is 36.7 Å². The molecule has 0 aromatic heterocycles. The Balaban J connectivity index is 2.92. The summed E-state index contributed by atoms with van der Waals surface area (Å²) in [5, 5.41) is 0. The van der Waals surface area contributed by atoms with Gasteiger partial charge in [0.05, 0.1) is 26.4 Å². The molecule has 1 aromatic rings. The van der Waals surface area contributed by atoms with Crippen LogP contribution in [0.1, 0.15) is 141 Å². The van der Waals surface area contributed by atoms with E-state index in [9.17, 15) is 19.2 Å². The zero-order valence-corrected chi connectivity index (χ0v) is 28.5. The number of esters is 2. The van der Waals surface area contributed by atoms with E-state index in [4.69, 9.17) is 18.9 Å². The van der Waals surface area contributed by atoms with Gasteiger partial charge in [0.2, 0.25) is 0 Å². The predicted molar refractivity (Wildman–Crippen MR) is 177 cm³/mol. The first kappa shape index (κ1) is 39.9. The molecule has 256 valence electrons. The van der Waals surface area contributed by atoms with Crippen LogP contribution in [-0.4, -0.2) is 68.0 Å². The van der Waals surface area contributed by atoms with E-state index in [0.29, 0.717) is 24.7 Å². The number of ether oxygens (including phenoxy) is 4. The van der Waals surface area contributed by atoms with E-state index in [2.05, 4.69) is 13.8 Å². The summed E-state index contributed by atoms with van der Waals surface area (Å²) in [5.41, 5.74) is 0.0667. The fourth-order valence-corrected chi connectivity index (χ4v) is 4.91. The summed E-state index contributed by atoms with van der Waals surface area (Å²) < 4.78 is 21.9. The second-order valence-corrected chi connectivity index (χ2v) is 11.4. The zero-order valence-electron chi connectivity index (χ0n) is 28.5. The number of amides is 1. The summed E-state index contributed by atoms with van der Waals surface area (Å²) in [6.07, 6.45) is 18.8. The van der Waals surface area contributed by atoms with Gasteiger partial charge in [0.15, 0.2) is 0 Å². The van der Waals surface area contributed by atoms with Gasteiger partial charge in [-0.2, -0.15) is 0 Å². The summed E-state index contributed by atoms with van der Waals surface area (Å²) in [6.45, 7) is 7.77. The fraction of sp³-hybridized carbons (Fsp3) is 0.722. The Bertz CT molecular complexity index is 920. The van der Waals surface area contributed by atoms with Crippen molar-refractivity contribution < 1.29 is 38.1 Å². The molecule has 1 rings (SSSR count). The first-order valence-electron chi connectivity index (χ1n) is 17.4. The van der Waals surface area contributed by atoms with Crippen molar-refractivity contribution in [1.29, 1.82) is 0 Å². The number of ketones is 1. The molecule has 1 amide bonds. The third-order valence-corrected chi connectivity index (χ3v) is 7.41. The highest BCUT2D eigenvalue weighted by Gasteiger charge is 2.28. The summed E-state index contributed by atoms with van der Waals surface area (Å²) in [5.74, 6) is -2.46. The van der Waals surface area contributed by atoms with Gasteiger partial charge in [-0.3, -0.25) is 19.2 Å². The minimum absolute atomic E-state index is 0.0667. The van der Waals surface area contributed by atoms with Crippen molar-refractivity contribution in [2.24, 2.45) is 0 Å². The number of rotatable bonds is 28. The lowest BCUT2D eigenvalue weighted by atomic mass is 10.1. The van der Waals surface area contributed by atoms with Crippen molar-refractivity contribution in [3.05, 3.63) is 23.8 Å². The number of unbranched alkanes of at least 4 members (excludes halogenated alkanes) is 14. The van der Waals surface area contributed by atoms with Crippen LogP contribution in [0, 0.1) is 0 Å². The molecule has 0 N–H and O–H groups in total. The topological polar surface area (TPSA) is 108 Å². The smallest absolute Gasteiger partial charge is 0.325 e. The molecule has 0 fully saturated rings. The largest absolute Gasteiger partial charge is 0.493 e. The van der Waals surface area contributed by atoms with E-state index in [0.717, 1.165) is 43.4 Å². The average molecular weight is 634 g/mol. The van der Waals surface area contributed by atoms with Crippen LogP contribution < -0.4 is 9.47 Å². The lowest BCUT2D eigenvalue weighted by molar-refractivity contribution is -0.152. The summed E-state index contributed by atoms with van der Waals surface area (Å²) in [6, 6.07) is 4.77. The van der Waals surface area contributed by atoms with Gasteiger partial charge in [-0.25, -0.2) is 0 Å². The van der Waals surface area contributed by atoms with Crippen LogP contribution >= 0.6 is 0 Å². The molecule has 9 nitrogen and oxygen atoms in total. The lowest BCUT2D eigenvalue weighted by Gasteiger charge is -2.20. The molecule has 0 aliphatic heterocycles. The summed E-state index contributed by atoms with van der Waals surface area (Å²) in [7, 11) is 0. The minimum atomic E-state index is -1.01. The third kappa shape index (κ3) is 19.1. The normalized spacial score (nSPS) is 10.8. The van der Waals surface area contributed by atoms with Crippen molar-refractivity contribution in [3.63, 3.8) is 0 Å². The van der Waals surface area contributed by atoms with Crippen molar-refractivity contribution in [1.82, 2.24) is 4.90 Å². The second-order valence-electron chi connectivity index (χ2n) is 11.4. The maximum atomic E-state index is 13.4. The number of carbonyl (C=O) groups is 4.